The van der Waals surface area contributed by atoms with E-state index in [2.05, 4.69) is 0 Å². The number of fused-ring (bicyclic) bond motifs is 1. The minimum absolute atomic E-state index is 0.0435. The molecule has 0 unspecified atom stereocenters. The maximum atomic E-state index is 12.5. The number of methoxy groups -OCH3 is 2. The van der Waals surface area contributed by atoms with Crippen molar-refractivity contribution < 1.29 is 28.7 Å². The smallest absolute Gasteiger partial charge is 0.178 e. The number of rotatable bonds is 7. The normalized spacial score (nSPS) is 11.1. The summed E-state index contributed by atoms with van der Waals surface area (Å²) in [5.41, 5.74) is 0.348. The first-order valence-electron chi connectivity index (χ1n) is 7.15. The Kier molecular flexibility index (Phi) is 4.92. The van der Waals surface area contributed by atoms with E-state index in [0.29, 0.717) is 23.8 Å². The SMILES string of the molecule is COc1c(C(=O)CCC[NH+](C)C)c([O-])c(OC)c2occc12. The van der Waals surface area contributed by atoms with Crippen LogP contribution in [-0.2, 0) is 0 Å². The summed E-state index contributed by atoms with van der Waals surface area (Å²) < 4.78 is 15.7. The zero-order valence-electron chi connectivity index (χ0n) is 13.3. The number of Topliss-reactive ketones (excluding diaryl/α,β-unsaturated/α-hetero) is 1. The van der Waals surface area contributed by atoms with Crippen LogP contribution in [0.3, 0.4) is 0 Å². The number of ether oxygens (including phenoxy) is 2. The van der Waals surface area contributed by atoms with Crippen LogP contribution in [0, 0.1) is 0 Å². The highest BCUT2D eigenvalue weighted by molar-refractivity contribution is 6.08. The Morgan fingerprint density at radius 3 is 2.55 bits per heavy atom. The van der Waals surface area contributed by atoms with Crippen LogP contribution in [0.2, 0.25) is 0 Å². The molecule has 1 aromatic heterocycles. The van der Waals surface area contributed by atoms with E-state index in [4.69, 9.17) is 13.9 Å². The Labute approximate surface area is 129 Å². The van der Waals surface area contributed by atoms with Crippen molar-refractivity contribution in [2.24, 2.45) is 0 Å². The van der Waals surface area contributed by atoms with E-state index in [1.165, 1.54) is 25.4 Å². The van der Waals surface area contributed by atoms with Crippen molar-refractivity contribution in [2.75, 3.05) is 34.9 Å². The molecular formula is C16H21NO5. The third-order valence-corrected chi connectivity index (χ3v) is 3.54. The Balaban J connectivity index is 2.47. The minimum atomic E-state index is -0.482. The molecule has 1 heterocycles. The summed E-state index contributed by atoms with van der Waals surface area (Å²) in [4.78, 5) is 13.7. The van der Waals surface area contributed by atoms with Gasteiger partial charge in [0.2, 0.25) is 0 Å². The fourth-order valence-corrected chi connectivity index (χ4v) is 2.50. The molecule has 2 rings (SSSR count). The molecule has 0 saturated heterocycles. The lowest BCUT2D eigenvalue weighted by Gasteiger charge is -2.20. The third kappa shape index (κ3) is 2.87. The molecule has 120 valence electrons. The number of hydrogen-bond donors (Lipinski definition) is 1. The van der Waals surface area contributed by atoms with Crippen molar-refractivity contribution in [1.82, 2.24) is 0 Å². The molecular weight excluding hydrogens is 286 g/mol. The first-order valence-corrected chi connectivity index (χ1v) is 7.15. The van der Waals surface area contributed by atoms with E-state index >= 15 is 0 Å². The van der Waals surface area contributed by atoms with Gasteiger partial charge in [-0.2, -0.15) is 0 Å². The van der Waals surface area contributed by atoms with Crippen LogP contribution in [-0.4, -0.2) is 40.6 Å². The number of furan rings is 1. The third-order valence-electron chi connectivity index (χ3n) is 3.54. The molecule has 22 heavy (non-hydrogen) atoms. The predicted octanol–water partition coefficient (Wildman–Crippen LogP) is 0.631. The fourth-order valence-electron chi connectivity index (χ4n) is 2.50. The molecule has 0 radical (unpaired) electrons. The van der Waals surface area contributed by atoms with Gasteiger partial charge in [0.1, 0.15) is 5.75 Å². The first-order chi connectivity index (χ1) is 10.5. The van der Waals surface area contributed by atoms with Gasteiger partial charge in [0, 0.05) is 12.8 Å². The first kappa shape index (κ1) is 16.2. The van der Waals surface area contributed by atoms with Crippen molar-refractivity contribution in [3.8, 4) is 17.2 Å². The van der Waals surface area contributed by atoms with E-state index in [1.807, 2.05) is 14.1 Å². The van der Waals surface area contributed by atoms with Gasteiger partial charge < -0.3 is 23.9 Å². The zero-order valence-corrected chi connectivity index (χ0v) is 13.3. The quantitative estimate of drug-likeness (QED) is 0.759. The lowest BCUT2D eigenvalue weighted by Crippen LogP contribution is -3.05. The number of benzene rings is 1. The van der Waals surface area contributed by atoms with Gasteiger partial charge in [-0.1, -0.05) is 0 Å². The summed E-state index contributed by atoms with van der Waals surface area (Å²) in [5, 5.41) is 13.1. The van der Waals surface area contributed by atoms with Gasteiger partial charge in [0.15, 0.2) is 17.1 Å². The van der Waals surface area contributed by atoms with Crippen LogP contribution in [0.5, 0.6) is 17.2 Å². The highest BCUT2D eigenvalue weighted by Crippen LogP contribution is 2.44. The minimum Gasteiger partial charge on any atom is -0.869 e. The lowest BCUT2D eigenvalue weighted by atomic mass is 10.0. The van der Waals surface area contributed by atoms with Crippen LogP contribution in [0.25, 0.3) is 11.0 Å². The van der Waals surface area contributed by atoms with Gasteiger partial charge in [0.05, 0.1) is 52.1 Å². The van der Waals surface area contributed by atoms with E-state index in [1.54, 1.807) is 6.07 Å². The van der Waals surface area contributed by atoms with Crippen LogP contribution in [0.1, 0.15) is 23.2 Å². The average Bonchev–Trinajstić information content (AvgIpc) is 2.94. The maximum absolute atomic E-state index is 12.5. The highest BCUT2D eigenvalue weighted by Gasteiger charge is 2.22. The standard InChI is InChI=1S/C16H21NO5/c1-17(2)8-5-6-11(18)12-13(19)16(21-4)15-10(7-9-22-15)14(12)20-3/h7,9,19H,5-6,8H2,1-4H3. The number of quaternary nitrogens is 1. The van der Waals surface area contributed by atoms with Gasteiger partial charge in [-0.15, -0.1) is 0 Å². The molecule has 1 N–H and O–H groups in total. The molecule has 0 atom stereocenters. The summed E-state index contributed by atoms with van der Waals surface area (Å²) in [6.07, 6.45) is 2.44. The number of nitrogens with one attached hydrogen (secondary N) is 1. The monoisotopic (exact) mass is 307 g/mol. The molecule has 6 nitrogen and oxygen atoms in total. The summed E-state index contributed by atoms with van der Waals surface area (Å²) in [6, 6.07) is 1.66. The summed E-state index contributed by atoms with van der Waals surface area (Å²) in [5.74, 6) is -0.410. The summed E-state index contributed by atoms with van der Waals surface area (Å²) in [6.45, 7) is 0.854. The van der Waals surface area contributed by atoms with Crippen LogP contribution in [0.4, 0.5) is 0 Å². The van der Waals surface area contributed by atoms with Crippen LogP contribution in [0.15, 0.2) is 16.7 Å². The average molecular weight is 307 g/mol. The second kappa shape index (κ2) is 6.70. The fraction of sp³-hybridized carbons (Fsp3) is 0.438. The molecule has 0 amide bonds. The Morgan fingerprint density at radius 2 is 1.95 bits per heavy atom. The van der Waals surface area contributed by atoms with Gasteiger partial charge >= 0.3 is 0 Å². The summed E-state index contributed by atoms with van der Waals surface area (Å²) in [7, 11) is 6.86. The molecule has 0 aliphatic carbocycles. The topological polar surface area (TPSA) is 76.2 Å². The molecule has 0 spiro atoms. The molecule has 0 aliphatic heterocycles. The van der Waals surface area contributed by atoms with E-state index in [-0.39, 0.29) is 22.8 Å². The molecule has 0 saturated carbocycles. The molecule has 0 aliphatic rings. The Bertz CT molecular complexity index is 675. The largest absolute Gasteiger partial charge is 0.869 e. The van der Waals surface area contributed by atoms with Crippen molar-refractivity contribution in [3.63, 3.8) is 0 Å². The second-order valence-corrected chi connectivity index (χ2v) is 5.42. The Morgan fingerprint density at radius 1 is 1.27 bits per heavy atom. The number of carbonyl (C=O) groups is 1. The molecule has 1 aromatic carbocycles. The van der Waals surface area contributed by atoms with Crippen LogP contribution >= 0.6 is 0 Å². The number of hydrogen-bond acceptors (Lipinski definition) is 5. The summed E-state index contributed by atoms with van der Waals surface area (Å²) >= 11 is 0. The van der Waals surface area contributed by atoms with Gasteiger partial charge in [-0.3, -0.25) is 4.79 Å². The predicted molar refractivity (Wildman–Crippen MR) is 80.0 cm³/mol. The van der Waals surface area contributed by atoms with E-state index in [0.717, 1.165) is 6.54 Å². The molecule has 2 aromatic rings. The Hall–Kier alpha value is -2.21. The van der Waals surface area contributed by atoms with Gasteiger partial charge in [0.25, 0.3) is 0 Å². The van der Waals surface area contributed by atoms with E-state index in [9.17, 15) is 9.90 Å². The molecule has 6 heteroatoms. The number of ketones is 1. The molecule has 0 fully saturated rings. The van der Waals surface area contributed by atoms with Crippen LogP contribution < -0.4 is 19.5 Å². The molecule has 0 bridgehead atoms. The van der Waals surface area contributed by atoms with Crippen molar-refractivity contribution in [2.45, 2.75) is 12.8 Å². The second-order valence-electron chi connectivity index (χ2n) is 5.42. The van der Waals surface area contributed by atoms with Gasteiger partial charge in [-0.25, -0.2) is 0 Å². The highest BCUT2D eigenvalue weighted by atomic mass is 16.5. The van der Waals surface area contributed by atoms with Gasteiger partial charge in [-0.05, 0) is 11.8 Å². The van der Waals surface area contributed by atoms with Crippen molar-refractivity contribution >= 4 is 16.8 Å². The zero-order chi connectivity index (χ0) is 16.3. The lowest BCUT2D eigenvalue weighted by molar-refractivity contribution is -0.858. The van der Waals surface area contributed by atoms with Crippen molar-refractivity contribution in [1.29, 1.82) is 0 Å². The van der Waals surface area contributed by atoms with E-state index < -0.39 is 5.75 Å². The maximum Gasteiger partial charge on any atom is 0.178 e. The number of carbonyl (C=O) groups excluding carboxylic acids is 1. The van der Waals surface area contributed by atoms with Crippen molar-refractivity contribution in [3.05, 3.63) is 17.9 Å².